The number of amides is 5. The highest BCUT2D eigenvalue weighted by molar-refractivity contribution is 6.09. The minimum absolute atomic E-state index is 0.274. The average molecular weight is 404 g/mol. The Morgan fingerprint density at radius 1 is 1.28 bits per heavy atom. The summed E-state index contributed by atoms with van der Waals surface area (Å²) >= 11 is 0. The van der Waals surface area contributed by atoms with Crippen LogP contribution in [0.5, 0.6) is 0 Å². The molecular formula is C19H24N4O6. The Morgan fingerprint density at radius 3 is 2.59 bits per heavy atom. The van der Waals surface area contributed by atoms with E-state index < -0.39 is 48.4 Å². The van der Waals surface area contributed by atoms with Crippen molar-refractivity contribution in [3.05, 3.63) is 24.0 Å². The molecule has 1 saturated carbocycles. The third-order valence-electron chi connectivity index (χ3n) is 5.45. The summed E-state index contributed by atoms with van der Waals surface area (Å²) in [5, 5.41) is 4.81. The fourth-order valence-corrected chi connectivity index (χ4v) is 3.66. The lowest BCUT2D eigenvalue weighted by atomic mass is 9.77. The van der Waals surface area contributed by atoms with E-state index in [-0.39, 0.29) is 5.69 Å². The van der Waals surface area contributed by atoms with E-state index in [1.807, 2.05) is 0 Å². The van der Waals surface area contributed by atoms with Gasteiger partial charge in [0.25, 0.3) is 17.7 Å². The van der Waals surface area contributed by atoms with E-state index in [1.54, 1.807) is 19.3 Å². The zero-order chi connectivity index (χ0) is 21.2. The molecule has 2 heterocycles. The predicted molar refractivity (Wildman–Crippen MR) is 99.5 cm³/mol. The molecule has 2 aliphatic rings. The quantitative estimate of drug-likeness (QED) is 0.538. The van der Waals surface area contributed by atoms with Gasteiger partial charge in [-0.25, -0.2) is 4.79 Å². The van der Waals surface area contributed by atoms with Gasteiger partial charge in [0.2, 0.25) is 0 Å². The molecule has 10 heteroatoms. The van der Waals surface area contributed by atoms with Gasteiger partial charge >= 0.3 is 12.0 Å². The van der Waals surface area contributed by atoms with E-state index in [1.165, 1.54) is 10.6 Å². The smallest absolute Gasteiger partial charge is 0.326 e. The van der Waals surface area contributed by atoms with Crippen LogP contribution >= 0.6 is 0 Å². The molecule has 3 rings (SSSR count). The second-order valence-corrected chi connectivity index (χ2v) is 7.63. The molecular weight excluding hydrogens is 380 g/mol. The van der Waals surface area contributed by atoms with Gasteiger partial charge in [-0.15, -0.1) is 0 Å². The first-order chi connectivity index (χ1) is 13.7. The number of hydrogen-bond donors (Lipinski definition) is 2. The molecule has 1 spiro atoms. The number of esters is 1. The number of imide groups is 2. The number of aromatic nitrogens is 1. The summed E-state index contributed by atoms with van der Waals surface area (Å²) in [5.74, 6) is -2.28. The average Bonchev–Trinajstić information content (AvgIpc) is 3.20. The molecule has 0 aromatic carbocycles. The van der Waals surface area contributed by atoms with Crippen molar-refractivity contribution in [1.82, 2.24) is 20.1 Å². The summed E-state index contributed by atoms with van der Waals surface area (Å²) in [6, 6.07) is 2.55. The summed E-state index contributed by atoms with van der Waals surface area (Å²) in [6.45, 7) is 0.819. The fraction of sp³-hybridized carbons (Fsp3) is 0.526. The zero-order valence-electron chi connectivity index (χ0n) is 16.4. The lowest BCUT2D eigenvalue weighted by Gasteiger charge is -2.33. The molecule has 0 radical (unpaired) electrons. The summed E-state index contributed by atoms with van der Waals surface area (Å²) in [7, 11) is 1.65. The van der Waals surface area contributed by atoms with Crippen LogP contribution in [-0.4, -0.2) is 57.9 Å². The maximum absolute atomic E-state index is 12.7. The van der Waals surface area contributed by atoms with Crippen molar-refractivity contribution in [3.8, 4) is 0 Å². The molecule has 0 atom stereocenters. The van der Waals surface area contributed by atoms with Gasteiger partial charge in [0, 0.05) is 13.2 Å². The highest BCUT2D eigenvalue weighted by atomic mass is 16.5. The first kappa shape index (κ1) is 20.6. The summed E-state index contributed by atoms with van der Waals surface area (Å²) in [6.07, 6.45) is 4.36. The SMILES string of the molecule is CC1CCC2(CC1)NC(=O)N(CC(=O)OCC(=O)NC(=O)c1cccn1C)C2=O. The fourth-order valence-electron chi connectivity index (χ4n) is 3.66. The van der Waals surface area contributed by atoms with Gasteiger partial charge in [-0.1, -0.05) is 6.92 Å². The lowest BCUT2D eigenvalue weighted by molar-refractivity contribution is -0.151. The molecule has 10 nitrogen and oxygen atoms in total. The monoisotopic (exact) mass is 404 g/mol. The molecule has 1 aliphatic carbocycles. The van der Waals surface area contributed by atoms with E-state index in [0.29, 0.717) is 18.8 Å². The first-order valence-corrected chi connectivity index (χ1v) is 9.47. The number of hydrogen-bond acceptors (Lipinski definition) is 6. The predicted octanol–water partition coefficient (Wildman–Crippen LogP) is 0.325. The van der Waals surface area contributed by atoms with Crippen LogP contribution in [-0.2, 0) is 26.2 Å². The number of carbonyl (C=O) groups excluding carboxylic acids is 5. The Bertz CT molecular complexity index is 853. The second kappa shape index (κ2) is 8.06. The van der Waals surface area contributed by atoms with Gasteiger partial charge in [0.05, 0.1) is 0 Å². The highest BCUT2D eigenvalue weighted by Gasteiger charge is 2.52. The molecule has 2 N–H and O–H groups in total. The van der Waals surface area contributed by atoms with Crippen LogP contribution in [0.3, 0.4) is 0 Å². The number of rotatable bonds is 5. The van der Waals surface area contributed by atoms with Crippen LogP contribution in [0.15, 0.2) is 18.3 Å². The minimum Gasteiger partial charge on any atom is -0.454 e. The van der Waals surface area contributed by atoms with Gasteiger partial charge in [-0.3, -0.25) is 29.4 Å². The molecule has 156 valence electrons. The van der Waals surface area contributed by atoms with Crippen LogP contribution in [0.4, 0.5) is 4.79 Å². The van der Waals surface area contributed by atoms with E-state index >= 15 is 0 Å². The van der Waals surface area contributed by atoms with Gasteiger partial charge in [0.15, 0.2) is 6.61 Å². The van der Waals surface area contributed by atoms with E-state index in [4.69, 9.17) is 4.74 Å². The zero-order valence-corrected chi connectivity index (χ0v) is 16.4. The Morgan fingerprint density at radius 2 is 1.97 bits per heavy atom. The standard InChI is InChI=1S/C19H24N4O6/c1-12-5-7-19(8-6-12)17(27)23(18(28)21-19)10-15(25)29-11-14(24)20-16(26)13-4-3-9-22(13)2/h3-4,9,12H,5-8,10-11H2,1-2H3,(H,21,28)(H,20,24,26). The summed E-state index contributed by atoms with van der Waals surface area (Å²) in [4.78, 5) is 61.5. The maximum Gasteiger partial charge on any atom is 0.326 e. The van der Waals surface area contributed by atoms with Crippen LogP contribution in [0.25, 0.3) is 0 Å². The minimum atomic E-state index is -0.942. The Hall–Kier alpha value is -3.17. The van der Waals surface area contributed by atoms with Crippen molar-refractivity contribution >= 4 is 29.7 Å². The van der Waals surface area contributed by atoms with Crippen LogP contribution in [0.2, 0.25) is 0 Å². The van der Waals surface area contributed by atoms with Crippen LogP contribution < -0.4 is 10.6 Å². The van der Waals surface area contributed by atoms with Gasteiger partial charge in [-0.05, 0) is 43.7 Å². The largest absolute Gasteiger partial charge is 0.454 e. The normalized spacial score (nSPS) is 23.8. The van der Waals surface area contributed by atoms with Crippen LogP contribution in [0, 0.1) is 5.92 Å². The van der Waals surface area contributed by atoms with E-state index in [9.17, 15) is 24.0 Å². The summed E-state index contributed by atoms with van der Waals surface area (Å²) in [5.41, 5.74) is -0.668. The number of carbonyl (C=O) groups is 5. The molecule has 1 aliphatic heterocycles. The third-order valence-corrected chi connectivity index (χ3v) is 5.45. The van der Waals surface area contributed by atoms with E-state index in [2.05, 4.69) is 17.6 Å². The van der Waals surface area contributed by atoms with Crippen molar-refractivity contribution in [2.24, 2.45) is 13.0 Å². The van der Waals surface area contributed by atoms with Crippen molar-refractivity contribution in [1.29, 1.82) is 0 Å². The molecule has 29 heavy (non-hydrogen) atoms. The second-order valence-electron chi connectivity index (χ2n) is 7.63. The number of nitrogens with zero attached hydrogens (tertiary/aromatic N) is 2. The van der Waals surface area contributed by atoms with Gasteiger partial charge in [0.1, 0.15) is 17.8 Å². The van der Waals surface area contributed by atoms with Crippen molar-refractivity contribution in [2.75, 3.05) is 13.2 Å². The molecule has 1 saturated heterocycles. The Kier molecular flexibility index (Phi) is 5.71. The number of aryl methyl sites for hydroxylation is 1. The number of nitrogens with one attached hydrogen (secondary N) is 2. The van der Waals surface area contributed by atoms with E-state index in [0.717, 1.165) is 17.7 Å². The maximum atomic E-state index is 12.7. The highest BCUT2D eigenvalue weighted by Crippen LogP contribution is 2.36. The number of ether oxygens (including phenoxy) is 1. The lowest BCUT2D eigenvalue weighted by Crippen LogP contribution is -2.49. The molecule has 1 aromatic rings. The van der Waals surface area contributed by atoms with Crippen LogP contribution in [0.1, 0.15) is 43.1 Å². The molecule has 0 bridgehead atoms. The number of urea groups is 1. The summed E-state index contributed by atoms with van der Waals surface area (Å²) < 4.78 is 6.36. The van der Waals surface area contributed by atoms with Crippen molar-refractivity contribution < 1.29 is 28.7 Å². The molecule has 5 amide bonds. The molecule has 0 unspecified atom stereocenters. The first-order valence-electron chi connectivity index (χ1n) is 9.47. The Labute approximate surface area is 167 Å². The topological polar surface area (TPSA) is 127 Å². The molecule has 2 fully saturated rings. The van der Waals surface area contributed by atoms with Gasteiger partial charge in [-0.2, -0.15) is 0 Å². The van der Waals surface area contributed by atoms with Crippen molar-refractivity contribution in [3.63, 3.8) is 0 Å². The Balaban J connectivity index is 1.48. The van der Waals surface area contributed by atoms with Crippen molar-refractivity contribution in [2.45, 2.75) is 38.1 Å². The third kappa shape index (κ3) is 4.30. The molecule has 1 aromatic heterocycles. The van der Waals surface area contributed by atoms with Gasteiger partial charge < -0.3 is 14.6 Å².